The van der Waals surface area contributed by atoms with Crippen LogP contribution in [0.2, 0.25) is 5.02 Å². The van der Waals surface area contributed by atoms with E-state index in [1.165, 1.54) is 23.0 Å². The predicted octanol–water partition coefficient (Wildman–Crippen LogP) is 4.73. The summed E-state index contributed by atoms with van der Waals surface area (Å²) < 4.78 is 35.7. The fourth-order valence-corrected chi connectivity index (χ4v) is 4.83. The lowest BCUT2D eigenvalue weighted by Crippen LogP contribution is -2.49. The molecule has 1 atom stereocenters. The Balaban J connectivity index is 1.51. The molecule has 1 aliphatic rings. The molecule has 186 valence electrons. The zero-order valence-corrected chi connectivity index (χ0v) is 20.5. The van der Waals surface area contributed by atoms with Gasteiger partial charge >= 0.3 is 0 Å². The summed E-state index contributed by atoms with van der Waals surface area (Å²) in [6.45, 7) is 5.14. The Kier molecular flexibility index (Phi) is 6.59. The zero-order chi connectivity index (χ0) is 25.4. The summed E-state index contributed by atoms with van der Waals surface area (Å²) >= 11 is 6.47. The Bertz CT molecular complexity index is 1460. The van der Waals surface area contributed by atoms with Gasteiger partial charge in [-0.2, -0.15) is 5.10 Å². The number of hydrogen-bond donors (Lipinski definition) is 1. The number of hydrogen-bond acceptors (Lipinski definition) is 5. The highest BCUT2D eigenvalue weighted by Gasteiger charge is 2.27. The van der Waals surface area contributed by atoms with Crippen molar-refractivity contribution in [3.8, 4) is 11.4 Å². The molecule has 0 aliphatic carbocycles. The first-order valence-electron chi connectivity index (χ1n) is 11.5. The molecule has 7 nitrogen and oxygen atoms in total. The van der Waals surface area contributed by atoms with Crippen LogP contribution in [0.5, 0.6) is 5.75 Å². The van der Waals surface area contributed by atoms with Crippen molar-refractivity contribution in [3.05, 3.63) is 82.3 Å². The van der Waals surface area contributed by atoms with Crippen molar-refractivity contribution in [3.63, 3.8) is 0 Å². The van der Waals surface area contributed by atoms with Gasteiger partial charge in [0.25, 0.3) is 0 Å². The van der Waals surface area contributed by atoms with Gasteiger partial charge in [0.1, 0.15) is 23.7 Å². The van der Waals surface area contributed by atoms with Crippen molar-refractivity contribution in [1.29, 1.82) is 0 Å². The maximum absolute atomic E-state index is 14.4. The molecule has 5 rings (SSSR count). The van der Waals surface area contributed by atoms with Crippen molar-refractivity contribution in [2.45, 2.75) is 26.5 Å². The highest BCUT2D eigenvalue weighted by Crippen LogP contribution is 2.34. The maximum atomic E-state index is 14.4. The van der Waals surface area contributed by atoms with Crippen LogP contribution in [0.4, 0.5) is 8.78 Å². The maximum Gasteiger partial charge on any atom is 0.237 e. The SMILES string of the molecule is Cc1cc(-n2cc(F)cn2)c2cccc(OCc3c(Cl)cc(F)cc3C(C)N3CCNCC3=O)c2n1. The minimum absolute atomic E-state index is 0.0412. The van der Waals surface area contributed by atoms with Gasteiger partial charge in [0.05, 0.1) is 35.7 Å². The van der Waals surface area contributed by atoms with Gasteiger partial charge in [-0.15, -0.1) is 0 Å². The average Bonchev–Trinajstić information content (AvgIpc) is 3.28. The molecule has 4 aromatic rings. The van der Waals surface area contributed by atoms with E-state index in [-0.39, 0.29) is 30.1 Å². The Morgan fingerprint density at radius 3 is 2.81 bits per heavy atom. The quantitative estimate of drug-likeness (QED) is 0.405. The topological polar surface area (TPSA) is 72.3 Å². The lowest BCUT2D eigenvalue weighted by molar-refractivity contribution is -0.134. The molecule has 1 aliphatic heterocycles. The van der Waals surface area contributed by atoms with Gasteiger partial charge in [-0.05, 0) is 43.7 Å². The van der Waals surface area contributed by atoms with Gasteiger partial charge in [0.15, 0.2) is 5.82 Å². The number of nitrogens with zero attached hydrogens (tertiary/aromatic N) is 4. The standard InChI is InChI=1S/C26H24ClF2N5O2/c1-15-8-23(34-13-18(29)11-31-34)19-4-3-5-24(26(19)32-15)36-14-21-20(9-17(28)10-22(21)27)16(2)33-7-6-30-12-25(33)35/h3-5,8-11,13,16,30H,6-7,12,14H2,1-2H3. The molecule has 2 aromatic heterocycles. The number of aromatic nitrogens is 3. The summed E-state index contributed by atoms with van der Waals surface area (Å²) in [5, 5.41) is 8.08. The number of ether oxygens (including phenoxy) is 1. The van der Waals surface area contributed by atoms with E-state index in [1.54, 1.807) is 11.0 Å². The minimum Gasteiger partial charge on any atom is -0.487 e. The fourth-order valence-electron chi connectivity index (χ4n) is 4.56. The molecule has 36 heavy (non-hydrogen) atoms. The first-order valence-corrected chi connectivity index (χ1v) is 11.9. The minimum atomic E-state index is -0.480. The first-order chi connectivity index (χ1) is 17.3. The van der Waals surface area contributed by atoms with Gasteiger partial charge in [0.2, 0.25) is 5.91 Å². The first kappa shape index (κ1) is 24.1. The average molecular weight is 512 g/mol. The molecule has 1 fully saturated rings. The predicted molar refractivity (Wildman–Crippen MR) is 132 cm³/mol. The molecule has 0 bridgehead atoms. The molecular formula is C26H24ClF2N5O2. The number of fused-ring (bicyclic) bond motifs is 1. The third-order valence-corrected chi connectivity index (χ3v) is 6.65. The number of carbonyl (C=O) groups is 1. The van der Waals surface area contributed by atoms with Crippen LogP contribution >= 0.6 is 11.6 Å². The third kappa shape index (κ3) is 4.64. The second-order valence-corrected chi connectivity index (χ2v) is 9.13. The molecule has 1 N–H and O–H groups in total. The molecule has 10 heteroatoms. The number of para-hydroxylation sites is 1. The molecule has 1 saturated heterocycles. The summed E-state index contributed by atoms with van der Waals surface area (Å²) in [6, 6.07) is 9.53. The van der Waals surface area contributed by atoms with E-state index >= 15 is 0 Å². The van der Waals surface area contributed by atoms with E-state index in [9.17, 15) is 13.6 Å². The van der Waals surface area contributed by atoms with Gasteiger partial charge in [-0.1, -0.05) is 23.7 Å². The monoisotopic (exact) mass is 511 g/mol. The van der Waals surface area contributed by atoms with Crippen LogP contribution in [0, 0.1) is 18.6 Å². The van der Waals surface area contributed by atoms with E-state index in [4.69, 9.17) is 16.3 Å². The number of benzene rings is 2. The number of rotatable bonds is 6. The smallest absolute Gasteiger partial charge is 0.237 e. The van der Waals surface area contributed by atoms with Crippen molar-refractivity contribution in [2.75, 3.05) is 19.6 Å². The number of piperazine rings is 1. The van der Waals surface area contributed by atoms with Crippen LogP contribution in [-0.2, 0) is 11.4 Å². The number of halogens is 3. The van der Waals surface area contributed by atoms with E-state index in [0.717, 1.165) is 11.6 Å². The Morgan fingerprint density at radius 1 is 1.22 bits per heavy atom. The molecule has 0 spiro atoms. The van der Waals surface area contributed by atoms with Crippen molar-refractivity contribution >= 4 is 28.4 Å². The number of carbonyl (C=O) groups excluding carboxylic acids is 1. The Morgan fingerprint density at radius 2 is 2.06 bits per heavy atom. The van der Waals surface area contributed by atoms with Crippen LogP contribution in [0.1, 0.15) is 29.8 Å². The summed E-state index contributed by atoms with van der Waals surface area (Å²) in [6.07, 6.45) is 2.44. The van der Waals surface area contributed by atoms with E-state index in [1.807, 2.05) is 32.0 Å². The third-order valence-electron chi connectivity index (χ3n) is 6.32. The van der Waals surface area contributed by atoms with Crippen LogP contribution in [0.15, 0.2) is 48.8 Å². The molecule has 0 radical (unpaired) electrons. The number of nitrogens with one attached hydrogen (secondary N) is 1. The second kappa shape index (κ2) is 9.83. The summed E-state index contributed by atoms with van der Waals surface area (Å²) in [5.74, 6) is -0.494. The fraction of sp³-hybridized carbons (Fsp3) is 0.269. The number of amides is 1. The second-order valence-electron chi connectivity index (χ2n) is 8.72. The Hall–Kier alpha value is -3.56. The molecule has 3 heterocycles. The van der Waals surface area contributed by atoms with E-state index in [0.29, 0.717) is 46.9 Å². The highest BCUT2D eigenvalue weighted by molar-refractivity contribution is 6.31. The molecule has 0 saturated carbocycles. The van der Waals surface area contributed by atoms with Gasteiger partial charge in [-0.25, -0.2) is 18.4 Å². The largest absolute Gasteiger partial charge is 0.487 e. The van der Waals surface area contributed by atoms with Gasteiger partial charge in [0, 0.05) is 29.7 Å². The molecule has 2 aromatic carbocycles. The van der Waals surface area contributed by atoms with Crippen LogP contribution < -0.4 is 10.1 Å². The van der Waals surface area contributed by atoms with Crippen molar-refractivity contribution in [1.82, 2.24) is 25.0 Å². The number of pyridine rings is 1. The zero-order valence-electron chi connectivity index (χ0n) is 19.8. The van der Waals surface area contributed by atoms with Crippen LogP contribution in [0.3, 0.4) is 0 Å². The van der Waals surface area contributed by atoms with Gasteiger partial charge < -0.3 is 15.0 Å². The lowest BCUT2D eigenvalue weighted by Gasteiger charge is -2.34. The van der Waals surface area contributed by atoms with E-state index in [2.05, 4.69) is 15.4 Å². The van der Waals surface area contributed by atoms with Crippen LogP contribution in [-0.4, -0.2) is 45.2 Å². The van der Waals surface area contributed by atoms with Crippen LogP contribution in [0.25, 0.3) is 16.6 Å². The Labute approximate surface area is 211 Å². The molecule has 1 unspecified atom stereocenters. The van der Waals surface area contributed by atoms with Crippen molar-refractivity contribution < 1.29 is 18.3 Å². The normalized spacial score (nSPS) is 14.9. The number of aryl methyl sites for hydroxylation is 1. The summed E-state index contributed by atoms with van der Waals surface area (Å²) in [5.41, 5.74) is 3.13. The van der Waals surface area contributed by atoms with Gasteiger partial charge in [-0.3, -0.25) is 4.79 Å². The lowest BCUT2D eigenvalue weighted by atomic mass is 9.99. The summed E-state index contributed by atoms with van der Waals surface area (Å²) in [4.78, 5) is 18.8. The summed E-state index contributed by atoms with van der Waals surface area (Å²) in [7, 11) is 0. The molecular weight excluding hydrogens is 488 g/mol. The van der Waals surface area contributed by atoms with E-state index < -0.39 is 11.6 Å². The highest BCUT2D eigenvalue weighted by atomic mass is 35.5. The molecule has 1 amide bonds. The van der Waals surface area contributed by atoms with Crippen molar-refractivity contribution in [2.24, 2.45) is 0 Å².